The second-order valence-electron chi connectivity index (χ2n) is 9.26. The average Bonchev–Trinajstić information content (AvgIpc) is 3.05. The summed E-state index contributed by atoms with van der Waals surface area (Å²) in [5, 5.41) is 1.64. The number of primary amides is 1. The zero-order valence-electron chi connectivity index (χ0n) is 20.7. The first-order valence-electron chi connectivity index (χ1n) is 12.7. The minimum absolute atomic E-state index is 0.171. The van der Waals surface area contributed by atoms with E-state index in [1.807, 2.05) is 6.92 Å². The number of carbonyl (C=O) groups is 1. The van der Waals surface area contributed by atoms with Gasteiger partial charge in [0.2, 0.25) is 11.2 Å². The molecule has 0 fully saturated rings. The maximum Gasteiger partial charge on any atom is 0.225 e. The molecule has 1 amide bonds. The topological polar surface area (TPSA) is 86.7 Å². The Morgan fingerprint density at radius 2 is 1.39 bits per heavy atom. The predicted octanol–water partition coefficient (Wildman–Crippen LogP) is 7.24. The molecule has 2 aromatic rings. The van der Waals surface area contributed by atoms with Gasteiger partial charge in [0.05, 0.1) is 0 Å². The van der Waals surface area contributed by atoms with Crippen molar-refractivity contribution in [1.29, 1.82) is 0 Å². The van der Waals surface area contributed by atoms with Gasteiger partial charge in [0, 0.05) is 18.2 Å². The largest absolute Gasteiger partial charge is 0.370 e. The number of unbranched alkanes of at least 4 members (excludes halogenated alkanes) is 12. The average molecular weight is 496 g/mol. The Balaban J connectivity index is 1.58. The Labute approximate surface area is 208 Å². The third kappa shape index (κ3) is 10.6. The second kappa shape index (κ2) is 15.5. The van der Waals surface area contributed by atoms with Crippen LogP contribution in [0.15, 0.2) is 5.03 Å². The molecule has 0 aliphatic heterocycles. The summed E-state index contributed by atoms with van der Waals surface area (Å²) < 4.78 is 2.27. The molecular formula is C25H42ClN5OS. The molecule has 0 radical (unpaired) electrons. The van der Waals surface area contributed by atoms with Crippen LogP contribution in [0.25, 0.3) is 11.2 Å². The molecule has 2 heterocycles. The summed E-state index contributed by atoms with van der Waals surface area (Å²) in [6.07, 6.45) is 16.8. The molecule has 186 valence electrons. The molecule has 0 aliphatic carbocycles. The number of amides is 1. The Morgan fingerprint density at radius 3 is 1.91 bits per heavy atom. The fourth-order valence-corrected chi connectivity index (χ4v) is 5.29. The summed E-state index contributed by atoms with van der Waals surface area (Å²) in [5.41, 5.74) is 6.90. The lowest BCUT2D eigenvalue weighted by Gasteiger charge is -2.11. The number of aromatic nitrogens is 4. The molecule has 2 N–H and O–H groups in total. The highest BCUT2D eigenvalue weighted by Gasteiger charge is 2.17. The van der Waals surface area contributed by atoms with Gasteiger partial charge in [-0.25, -0.2) is 9.97 Å². The van der Waals surface area contributed by atoms with Gasteiger partial charge in [0.15, 0.2) is 5.65 Å². The quantitative estimate of drug-likeness (QED) is 0.102. The maximum absolute atomic E-state index is 10.7. The second-order valence-corrected chi connectivity index (χ2v) is 11.2. The number of fused-ring (bicyclic) bond motifs is 1. The summed E-state index contributed by atoms with van der Waals surface area (Å²) in [5.74, 6) is 0.815. The van der Waals surface area contributed by atoms with Crippen LogP contribution in [0.2, 0.25) is 5.28 Å². The monoisotopic (exact) mass is 495 g/mol. The van der Waals surface area contributed by atoms with E-state index < -0.39 is 0 Å². The molecule has 0 bridgehead atoms. The third-order valence-electron chi connectivity index (χ3n) is 5.89. The normalized spacial score (nSPS) is 11.7. The first-order valence-corrected chi connectivity index (χ1v) is 14.0. The summed E-state index contributed by atoms with van der Waals surface area (Å²) in [7, 11) is 0. The maximum atomic E-state index is 10.7. The van der Waals surface area contributed by atoms with Crippen LogP contribution < -0.4 is 5.73 Å². The van der Waals surface area contributed by atoms with Gasteiger partial charge < -0.3 is 10.3 Å². The zero-order chi connectivity index (χ0) is 24.1. The molecule has 8 heteroatoms. The van der Waals surface area contributed by atoms with Crippen LogP contribution in [0.4, 0.5) is 0 Å². The molecular weight excluding hydrogens is 454 g/mol. The van der Waals surface area contributed by atoms with Crippen LogP contribution in [-0.4, -0.2) is 30.7 Å². The van der Waals surface area contributed by atoms with Gasteiger partial charge in [-0.15, -0.1) is 11.8 Å². The van der Waals surface area contributed by atoms with Gasteiger partial charge in [-0.05, 0) is 31.4 Å². The van der Waals surface area contributed by atoms with Crippen LogP contribution >= 0.6 is 23.4 Å². The number of halogens is 1. The molecule has 0 spiro atoms. The number of rotatable bonds is 18. The first-order chi connectivity index (χ1) is 15.9. The van der Waals surface area contributed by atoms with Crippen molar-refractivity contribution in [3.05, 3.63) is 11.1 Å². The van der Waals surface area contributed by atoms with Crippen molar-refractivity contribution in [3.63, 3.8) is 0 Å². The van der Waals surface area contributed by atoms with Crippen LogP contribution in [0.5, 0.6) is 0 Å². The molecule has 33 heavy (non-hydrogen) atoms. The minimum atomic E-state index is -0.171. The molecule has 0 unspecified atom stereocenters. The number of hydrogen-bond acceptors (Lipinski definition) is 5. The number of carbonyl (C=O) groups excluding carboxylic acids is 1. The number of aryl methyl sites for hydroxylation is 2. The SMILES string of the molecule is Cc1nc2nc(Cl)nc(SC(C)C)c2n1CCCCCCCCCCCCCCCC(N)=O. The molecule has 0 atom stereocenters. The van der Waals surface area contributed by atoms with Crippen molar-refractivity contribution in [3.8, 4) is 0 Å². The van der Waals surface area contributed by atoms with Crippen molar-refractivity contribution in [1.82, 2.24) is 19.5 Å². The van der Waals surface area contributed by atoms with Gasteiger partial charge in [-0.2, -0.15) is 4.98 Å². The zero-order valence-corrected chi connectivity index (χ0v) is 22.3. The molecule has 6 nitrogen and oxygen atoms in total. The van der Waals surface area contributed by atoms with E-state index in [1.165, 1.54) is 64.2 Å². The minimum Gasteiger partial charge on any atom is -0.370 e. The first kappa shape index (κ1) is 27.9. The standard InChI is InChI=1S/C25H42ClN5OS/c1-19(2)33-24-22-23(29-25(26)30-24)28-20(3)31(22)18-16-14-12-10-8-6-4-5-7-9-11-13-15-17-21(27)32/h19H,4-18H2,1-3H3,(H2,27,32). The lowest BCUT2D eigenvalue weighted by Crippen LogP contribution is -2.09. The number of thioether (sulfide) groups is 1. The van der Waals surface area contributed by atoms with Crippen LogP contribution in [0, 0.1) is 6.92 Å². The van der Waals surface area contributed by atoms with Crippen molar-refractivity contribution in [2.45, 2.75) is 127 Å². The summed E-state index contributed by atoms with van der Waals surface area (Å²) in [6, 6.07) is 0. The van der Waals surface area contributed by atoms with Gasteiger partial charge >= 0.3 is 0 Å². The smallest absolute Gasteiger partial charge is 0.225 e. The van der Waals surface area contributed by atoms with Crippen molar-refractivity contribution >= 4 is 40.4 Å². The summed E-state index contributed by atoms with van der Waals surface area (Å²) in [6.45, 7) is 7.32. The highest BCUT2D eigenvalue weighted by Crippen LogP contribution is 2.30. The summed E-state index contributed by atoms with van der Waals surface area (Å²) in [4.78, 5) is 24.1. The number of nitrogens with two attached hydrogens (primary N) is 1. The van der Waals surface area contributed by atoms with E-state index in [0.29, 0.717) is 17.3 Å². The molecule has 0 aromatic carbocycles. The Bertz CT molecular complexity index is 855. The molecule has 2 rings (SSSR count). The van der Waals surface area contributed by atoms with Gasteiger partial charge in [0.1, 0.15) is 16.4 Å². The highest BCUT2D eigenvalue weighted by atomic mass is 35.5. The molecule has 0 saturated heterocycles. The highest BCUT2D eigenvalue weighted by molar-refractivity contribution is 8.00. The third-order valence-corrected chi connectivity index (χ3v) is 7.04. The number of imidazole rings is 1. The van der Waals surface area contributed by atoms with E-state index in [4.69, 9.17) is 17.3 Å². The summed E-state index contributed by atoms with van der Waals surface area (Å²) >= 11 is 7.84. The Morgan fingerprint density at radius 1 is 0.879 bits per heavy atom. The lowest BCUT2D eigenvalue weighted by molar-refractivity contribution is -0.118. The predicted molar refractivity (Wildman–Crippen MR) is 140 cm³/mol. The lowest BCUT2D eigenvalue weighted by atomic mass is 10.0. The van der Waals surface area contributed by atoms with E-state index in [-0.39, 0.29) is 11.2 Å². The van der Waals surface area contributed by atoms with Crippen LogP contribution in [0.1, 0.15) is 110 Å². The van der Waals surface area contributed by atoms with Crippen molar-refractivity contribution in [2.24, 2.45) is 5.73 Å². The molecule has 0 saturated carbocycles. The van der Waals surface area contributed by atoms with Crippen LogP contribution in [-0.2, 0) is 11.3 Å². The Kier molecular flexibility index (Phi) is 13.1. The fourth-order valence-electron chi connectivity index (χ4n) is 4.18. The van der Waals surface area contributed by atoms with Crippen molar-refractivity contribution < 1.29 is 4.79 Å². The van der Waals surface area contributed by atoms with Crippen molar-refractivity contribution in [2.75, 3.05) is 0 Å². The van der Waals surface area contributed by atoms with E-state index in [9.17, 15) is 4.79 Å². The van der Waals surface area contributed by atoms with E-state index in [1.54, 1.807) is 11.8 Å². The molecule has 2 aromatic heterocycles. The molecule has 0 aliphatic rings. The number of nitrogens with zero attached hydrogens (tertiary/aromatic N) is 4. The van der Waals surface area contributed by atoms with Crippen LogP contribution in [0.3, 0.4) is 0 Å². The Hall–Kier alpha value is -1.34. The number of hydrogen-bond donors (Lipinski definition) is 1. The van der Waals surface area contributed by atoms with E-state index >= 15 is 0 Å². The van der Waals surface area contributed by atoms with Gasteiger partial charge in [0.25, 0.3) is 0 Å². The van der Waals surface area contributed by atoms with E-state index in [2.05, 4.69) is 33.4 Å². The fraction of sp³-hybridized carbons (Fsp3) is 0.760. The van der Waals surface area contributed by atoms with E-state index in [0.717, 1.165) is 42.2 Å². The van der Waals surface area contributed by atoms with Gasteiger partial charge in [-0.3, -0.25) is 4.79 Å². The van der Waals surface area contributed by atoms with Gasteiger partial charge in [-0.1, -0.05) is 84.5 Å².